The van der Waals surface area contributed by atoms with Crippen LogP contribution in [0.1, 0.15) is 17.5 Å². The SMILES string of the molecule is N#Cc1ccc(N2CCN(C(=O)C[C@@H]3CN(c4cc(C(F)(F)F)c(=O)[nH]n4)c4ccccc4O3)CC2)nc1. The lowest BCUT2D eigenvalue weighted by Gasteiger charge is -2.38. The summed E-state index contributed by atoms with van der Waals surface area (Å²) in [5.41, 5.74) is -1.73. The Morgan fingerprint density at radius 3 is 2.58 bits per heavy atom. The number of hydrogen-bond donors (Lipinski definition) is 1. The van der Waals surface area contributed by atoms with Crippen LogP contribution in [0.5, 0.6) is 5.75 Å². The van der Waals surface area contributed by atoms with Gasteiger partial charge in [-0.2, -0.15) is 23.5 Å². The van der Waals surface area contributed by atoms with E-state index in [2.05, 4.69) is 10.1 Å². The number of alkyl halides is 3. The molecule has 2 aromatic heterocycles. The molecular formula is C25H22F3N7O3. The number of nitrogens with one attached hydrogen (secondary N) is 1. The first-order valence-corrected chi connectivity index (χ1v) is 11.8. The van der Waals surface area contributed by atoms with E-state index in [-0.39, 0.29) is 24.7 Å². The second-order valence-electron chi connectivity index (χ2n) is 8.87. The second kappa shape index (κ2) is 10.0. The minimum absolute atomic E-state index is 0.00936. The summed E-state index contributed by atoms with van der Waals surface area (Å²) >= 11 is 0. The number of aromatic nitrogens is 3. The van der Waals surface area contributed by atoms with E-state index >= 15 is 0 Å². The van der Waals surface area contributed by atoms with Crippen LogP contribution in [0.3, 0.4) is 0 Å². The van der Waals surface area contributed by atoms with Crippen molar-refractivity contribution in [3.05, 3.63) is 70.1 Å². The molecule has 5 rings (SSSR count). The highest BCUT2D eigenvalue weighted by Gasteiger charge is 2.37. The van der Waals surface area contributed by atoms with Crippen LogP contribution in [-0.4, -0.2) is 64.8 Å². The standard InChI is InChI=1S/C25H22F3N7O3/c26-25(27,28)18-12-22(31-32-24(18)37)35-15-17(38-20-4-2-1-3-19(20)35)11-23(36)34-9-7-33(8-10-34)21-6-5-16(13-29)14-30-21/h1-6,12,14,17H,7-11,15H2,(H,32,37)/t17-/m1/s1. The van der Waals surface area contributed by atoms with Gasteiger partial charge in [0.05, 0.1) is 24.2 Å². The van der Waals surface area contributed by atoms with Gasteiger partial charge in [-0.3, -0.25) is 9.59 Å². The van der Waals surface area contributed by atoms with Gasteiger partial charge in [0.2, 0.25) is 5.91 Å². The van der Waals surface area contributed by atoms with Crippen molar-refractivity contribution in [3.63, 3.8) is 0 Å². The Hall–Kier alpha value is -4.60. The zero-order valence-corrected chi connectivity index (χ0v) is 20.0. The fourth-order valence-electron chi connectivity index (χ4n) is 4.51. The number of piperazine rings is 1. The van der Waals surface area contributed by atoms with Gasteiger partial charge in [-0.25, -0.2) is 10.1 Å². The first kappa shape index (κ1) is 25.1. The third-order valence-corrected chi connectivity index (χ3v) is 6.44. The van der Waals surface area contributed by atoms with Gasteiger partial charge < -0.3 is 19.4 Å². The van der Waals surface area contributed by atoms with Gasteiger partial charge in [-0.15, -0.1) is 0 Å². The monoisotopic (exact) mass is 525 g/mol. The summed E-state index contributed by atoms with van der Waals surface area (Å²) in [4.78, 5) is 34.4. The van der Waals surface area contributed by atoms with Crippen LogP contribution in [0.4, 0.5) is 30.5 Å². The second-order valence-corrected chi connectivity index (χ2v) is 8.87. The predicted molar refractivity (Wildman–Crippen MR) is 130 cm³/mol. The number of amides is 1. The first-order chi connectivity index (χ1) is 18.2. The number of carbonyl (C=O) groups is 1. The maximum absolute atomic E-state index is 13.4. The van der Waals surface area contributed by atoms with Crippen LogP contribution >= 0.6 is 0 Å². The van der Waals surface area contributed by atoms with E-state index in [1.54, 1.807) is 41.3 Å². The van der Waals surface area contributed by atoms with Crippen molar-refractivity contribution in [2.75, 3.05) is 42.5 Å². The molecule has 0 unspecified atom stereocenters. The van der Waals surface area contributed by atoms with E-state index in [0.717, 1.165) is 5.82 Å². The number of aromatic amines is 1. The van der Waals surface area contributed by atoms with Crippen molar-refractivity contribution in [2.24, 2.45) is 0 Å². The van der Waals surface area contributed by atoms with Crippen molar-refractivity contribution in [2.45, 2.75) is 18.7 Å². The average Bonchev–Trinajstić information content (AvgIpc) is 2.92. The number of fused-ring (bicyclic) bond motifs is 1. The Bertz CT molecular complexity index is 1430. The first-order valence-electron chi connectivity index (χ1n) is 11.8. The van der Waals surface area contributed by atoms with Gasteiger partial charge in [-0.05, 0) is 24.3 Å². The Labute approximate surface area is 214 Å². The molecule has 0 spiro atoms. The molecule has 1 atom stereocenters. The minimum Gasteiger partial charge on any atom is -0.486 e. The highest BCUT2D eigenvalue weighted by molar-refractivity contribution is 5.78. The van der Waals surface area contributed by atoms with Crippen LogP contribution < -0.4 is 20.1 Å². The molecule has 0 bridgehead atoms. The lowest BCUT2D eigenvalue weighted by atomic mass is 10.1. The Morgan fingerprint density at radius 1 is 1.13 bits per heavy atom. The van der Waals surface area contributed by atoms with Gasteiger partial charge in [0, 0.05) is 38.4 Å². The molecule has 0 aliphatic carbocycles. The third-order valence-electron chi connectivity index (χ3n) is 6.44. The number of halogens is 3. The molecule has 1 N–H and O–H groups in total. The molecule has 13 heteroatoms. The molecule has 1 amide bonds. The average molecular weight is 525 g/mol. The largest absolute Gasteiger partial charge is 0.486 e. The van der Waals surface area contributed by atoms with Gasteiger partial charge in [0.25, 0.3) is 5.56 Å². The van der Waals surface area contributed by atoms with Crippen molar-refractivity contribution < 1.29 is 22.7 Å². The normalized spacial score (nSPS) is 17.4. The quantitative estimate of drug-likeness (QED) is 0.553. The smallest absolute Gasteiger partial charge is 0.421 e. The number of anilines is 3. The summed E-state index contributed by atoms with van der Waals surface area (Å²) in [5, 5.41) is 14.7. The molecule has 3 aromatic rings. The summed E-state index contributed by atoms with van der Waals surface area (Å²) < 4.78 is 46.1. The molecular weight excluding hydrogens is 503 g/mol. The Kier molecular flexibility index (Phi) is 6.62. The molecule has 0 radical (unpaired) electrons. The molecule has 196 valence electrons. The molecule has 10 nitrogen and oxygen atoms in total. The number of hydrogen-bond acceptors (Lipinski definition) is 8. The summed E-state index contributed by atoms with van der Waals surface area (Å²) in [6, 6.07) is 13.0. The predicted octanol–water partition coefficient (Wildman–Crippen LogP) is 2.69. The lowest BCUT2D eigenvalue weighted by molar-refractivity contribution is -0.138. The van der Waals surface area contributed by atoms with Crippen LogP contribution in [0, 0.1) is 11.3 Å². The number of nitrogens with zero attached hydrogens (tertiary/aromatic N) is 6. The van der Waals surface area contributed by atoms with Gasteiger partial charge in [0.1, 0.15) is 29.3 Å². The fraction of sp³-hybridized carbons (Fsp3) is 0.320. The molecule has 1 aromatic carbocycles. The molecule has 0 saturated carbocycles. The number of rotatable bonds is 4. The number of para-hydroxylation sites is 2. The van der Waals surface area contributed by atoms with Crippen molar-refractivity contribution in [3.8, 4) is 11.8 Å². The molecule has 2 aliphatic heterocycles. The van der Waals surface area contributed by atoms with Crippen molar-refractivity contribution in [1.29, 1.82) is 5.26 Å². The van der Waals surface area contributed by atoms with Gasteiger partial charge in [-0.1, -0.05) is 12.1 Å². The molecule has 38 heavy (non-hydrogen) atoms. The zero-order valence-electron chi connectivity index (χ0n) is 20.0. The van der Waals surface area contributed by atoms with E-state index in [1.807, 2.05) is 16.1 Å². The van der Waals surface area contributed by atoms with Crippen LogP contribution in [0.2, 0.25) is 0 Å². The zero-order chi connectivity index (χ0) is 26.9. The fourth-order valence-corrected chi connectivity index (χ4v) is 4.51. The number of ether oxygens (including phenoxy) is 1. The minimum atomic E-state index is -4.85. The van der Waals surface area contributed by atoms with E-state index in [9.17, 15) is 22.8 Å². The number of benzene rings is 1. The van der Waals surface area contributed by atoms with E-state index in [4.69, 9.17) is 10.00 Å². The topological polar surface area (TPSA) is 118 Å². The maximum Gasteiger partial charge on any atom is 0.421 e. The highest BCUT2D eigenvalue weighted by Crippen LogP contribution is 2.38. The van der Waals surface area contributed by atoms with Crippen LogP contribution in [0.25, 0.3) is 0 Å². The van der Waals surface area contributed by atoms with Crippen molar-refractivity contribution >= 4 is 23.2 Å². The van der Waals surface area contributed by atoms with E-state index in [1.165, 1.54) is 11.1 Å². The number of nitriles is 1. The summed E-state index contributed by atoms with van der Waals surface area (Å²) in [6.07, 6.45) is -3.98. The number of pyridine rings is 1. The summed E-state index contributed by atoms with van der Waals surface area (Å²) in [6.45, 7) is 2.11. The molecule has 4 heterocycles. The summed E-state index contributed by atoms with van der Waals surface area (Å²) in [7, 11) is 0. The highest BCUT2D eigenvalue weighted by atomic mass is 19.4. The molecule has 1 fully saturated rings. The van der Waals surface area contributed by atoms with Crippen molar-refractivity contribution in [1.82, 2.24) is 20.1 Å². The Morgan fingerprint density at radius 2 is 1.89 bits per heavy atom. The van der Waals surface area contributed by atoms with Gasteiger partial charge >= 0.3 is 6.18 Å². The number of carbonyl (C=O) groups excluding carboxylic acids is 1. The summed E-state index contributed by atoms with van der Waals surface area (Å²) in [5.74, 6) is 0.876. The van der Waals surface area contributed by atoms with E-state index in [0.29, 0.717) is 49.2 Å². The lowest BCUT2D eigenvalue weighted by Crippen LogP contribution is -2.50. The molecule has 1 saturated heterocycles. The van der Waals surface area contributed by atoms with Crippen LogP contribution in [0.15, 0.2) is 53.5 Å². The maximum atomic E-state index is 13.4. The number of H-pyrrole nitrogens is 1. The Balaban J connectivity index is 1.28. The van der Waals surface area contributed by atoms with Gasteiger partial charge in [0.15, 0.2) is 5.82 Å². The van der Waals surface area contributed by atoms with Crippen LogP contribution in [-0.2, 0) is 11.0 Å². The molecule has 2 aliphatic rings. The third kappa shape index (κ3) is 5.10. The van der Waals surface area contributed by atoms with E-state index < -0.39 is 23.4 Å².